The van der Waals surface area contributed by atoms with Crippen LogP contribution in [-0.4, -0.2) is 72.0 Å². The van der Waals surface area contributed by atoms with Gasteiger partial charge in [-0.1, -0.05) is 5.18 Å². The van der Waals surface area contributed by atoms with Crippen LogP contribution in [0.15, 0.2) is 5.18 Å². The monoisotopic (exact) mass is 360 g/mol. The summed E-state index contributed by atoms with van der Waals surface area (Å²) in [6.07, 6.45) is -0.287. The second-order valence-electron chi connectivity index (χ2n) is 6.71. The van der Waals surface area contributed by atoms with Crippen molar-refractivity contribution in [1.29, 1.82) is 0 Å². The Morgan fingerprint density at radius 3 is 2.76 bits per heavy atom. The molecule has 7 atom stereocenters. The predicted octanol–water partition coefficient (Wildman–Crippen LogP) is -1.68. The summed E-state index contributed by atoms with van der Waals surface area (Å²) in [4.78, 5) is 23.1. The molecule has 6 unspecified atom stereocenters. The van der Waals surface area contributed by atoms with Gasteiger partial charge in [-0.3, -0.25) is 4.79 Å². The zero-order valence-electron chi connectivity index (χ0n) is 14.1. The number of ether oxygens (including phenoxy) is 2. The number of nitrogens with one attached hydrogen (secondary N) is 1. The van der Waals surface area contributed by atoms with Crippen LogP contribution in [0.5, 0.6) is 0 Å². The molecule has 0 radical (unpaired) electrons. The van der Waals surface area contributed by atoms with Crippen LogP contribution in [0.2, 0.25) is 0 Å². The quantitative estimate of drug-likeness (QED) is 0.320. The molecule has 1 aliphatic carbocycles. The molecule has 1 saturated heterocycles. The van der Waals surface area contributed by atoms with E-state index in [0.29, 0.717) is 25.7 Å². The maximum Gasteiger partial charge on any atom is 0.222 e. The van der Waals surface area contributed by atoms with Crippen molar-refractivity contribution in [3.05, 3.63) is 4.91 Å². The molecule has 0 aromatic carbocycles. The minimum absolute atomic E-state index is 0.00547. The minimum atomic E-state index is -0.893. The smallest absolute Gasteiger partial charge is 0.222 e. The summed E-state index contributed by atoms with van der Waals surface area (Å²) in [5, 5.41) is 24.5. The lowest BCUT2D eigenvalue weighted by atomic mass is 9.85. The summed E-state index contributed by atoms with van der Waals surface area (Å²) < 4.78 is 11.4. The molecule has 7 N–H and O–H groups in total. The zero-order chi connectivity index (χ0) is 18.4. The van der Waals surface area contributed by atoms with Gasteiger partial charge in [0, 0.05) is 25.0 Å². The summed E-state index contributed by atoms with van der Waals surface area (Å²) >= 11 is 0. The molecule has 0 aromatic rings. The molecule has 2 aliphatic rings. The van der Waals surface area contributed by atoms with Crippen molar-refractivity contribution in [1.82, 2.24) is 5.32 Å². The van der Waals surface area contributed by atoms with Crippen LogP contribution < -0.4 is 16.8 Å². The molecule has 1 heterocycles. The lowest BCUT2D eigenvalue weighted by Crippen LogP contribution is -2.55. The van der Waals surface area contributed by atoms with Crippen molar-refractivity contribution in [2.75, 3.05) is 13.2 Å². The lowest BCUT2D eigenvalue weighted by Gasteiger charge is -2.37. The fraction of sp³-hybridized carbons (Fsp3) is 0.933. The number of rotatable bonds is 8. The number of carbonyl (C=O) groups excluding carboxylic acids is 1. The summed E-state index contributed by atoms with van der Waals surface area (Å²) in [5.74, 6) is -0.330. The topological polar surface area (TPSA) is 169 Å². The third kappa shape index (κ3) is 5.66. The zero-order valence-corrected chi connectivity index (χ0v) is 14.1. The van der Waals surface area contributed by atoms with Gasteiger partial charge in [-0.25, -0.2) is 0 Å². The fourth-order valence-electron chi connectivity index (χ4n) is 3.35. The summed E-state index contributed by atoms with van der Waals surface area (Å²) in [7, 11) is 0. The Morgan fingerprint density at radius 1 is 1.40 bits per heavy atom. The van der Waals surface area contributed by atoms with E-state index < -0.39 is 30.6 Å². The molecular weight excluding hydrogens is 332 g/mol. The number of amides is 1. The second kappa shape index (κ2) is 9.51. The molecule has 144 valence electrons. The number of aliphatic hydroxyl groups excluding tert-OH is 2. The van der Waals surface area contributed by atoms with Gasteiger partial charge in [0.15, 0.2) is 6.29 Å². The van der Waals surface area contributed by atoms with Gasteiger partial charge in [-0.15, -0.1) is 0 Å². The largest absolute Gasteiger partial charge is 0.394 e. The Kier molecular flexibility index (Phi) is 7.66. The Labute approximate surface area is 146 Å². The first-order valence-corrected chi connectivity index (χ1v) is 8.64. The van der Waals surface area contributed by atoms with Crippen molar-refractivity contribution in [2.24, 2.45) is 16.6 Å². The molecule has 2 rings (SSSR count). The van der Waals surface area contributed by atoms with E-state index in [1.54, 1.807) is 0 Å². The number of hydrogen-bond acceptors (Lipinski definition) is 9. The van der Waals surface area contributed by atoms with Crippen molar-refractivity contribution in [3.63, 3.8) is 0 Å². The number of nitrogens with two attached hydrogens (primary N) is 2. The van der Waals surface area contributed by atoms with Gasteiger partial charge in [0.05, 0.1) is 31.3 Å². The minimum Gasteiger partial charge on any atom is -0.394 e. The molecule has 0 aromatic heterocycles. The van der Waals surface area contributed by atoms with Crippen molar-refractivity contribution in [2.45, 2.75) is 74.8 Å². The molecule has 2 fully saturated rings. The third-order valence-corrected chi connectivity index (χ3v) is 4.67. The highest BCUT2D eigenvalue weighted by Crippen LogP contribution is 2.29. The molecule has 1 saturated carbocycles. The van der Waals surface area contributed by atoms with Gasteiger partial charge in [0.25, 0.3) is 0 Å². The number of hydrogen-bond donors (Lipinski definition) is 5. The molecule has 0 bridgehead atoms. The highest BCUT2D eigenvalue weighted by Gasteiger charge is 2.41. The summed E-state index contributed by atoms with van der Waals surface area (Å²) in [6, 6.07) is -1.55. The van der Waals surface area contributed by atoms with Gasteiger partial charge >= 0.3 is 0 Å². The van der Waals surface area contributed by atoms with Gasteiger partial charge in [-0.05, 0) is 19.3 Å². The first-order valence-electron chi connectivity index (χ1n) is 8.64. The first kappa shape index (κ1) is 20.1. The van der Waals surface area contributed by atoms with Crippen LogP contribution in [0.25, 0.3) is 0 Å². The molecule has 10 heteroatoms. The Bertz CT molecular complexity index is 454. The number of aliphatic hydroxyl groups is 2. The highest BCUT2D eigenvalue weighted by molar-refractivity contribution is 5.76. The second-order valence-corrected chi connectivity index (χ2v) is 6.71. The van der Waals surface area contributed by atoms with Crippen LogP contribution in [-0.2, 0) is 14.3 Å². The molecule has 10 nitrogen and oxygen atoms in total. The highest BCUT2D eigenvalue weighted by atomic mass is 16.7. The summed E-state index contributed by atoms with van der Waals surface area (Å²) in [6.45, 7) is -0.0763. The van der Waals surface area contributed by atoms with Crippen LogP contribution in [0.1, 0.15) is 32.1 Å². The normalized spacial score (nSPS) is 36.8. The fourth-order valence-corrected chi connectivity index (χ4v) is 3.35. The molecular formula is C15H28N4O6. The average molecular weight is 360 g/mol. The van der Waals surface area contributed by atoms with E-state index in [1.807, 2.05) is 0 Å². The van der Waals surface area contributed by atoms with Crippen LogP contribution >= 0.6 is 0 Å². The van der Waals surface area contributed by atoms with E-state index in [2.05, 4.69) is 10.5 Å². The molecule has 1 aliphatic heterocycles. The van der Waals surface area contributed by atoms with Gasteiger partial charge in [0.1, 0.15) is 6.04 Å². The van der Waals surface area contributed by atoms with Gasteiger partial charge in [0.2, 0.25) is 5.91 Å². The number of nitroso groups, excluding NO2 is 1. The molecule has 0 spiro atoms. The van der Waals surface area contributed by atoms with Crippen LogP contribution in [0.3, 0.4) is 0 Å². The van der Waals surface area contributed by atoms with Gasteiger partial charge in [-0.2, -0.15) is 4.91 Å². The van der Waals surface area contributed by atoms with E-state index in [-0.39, 0.29) is 37.6 Å². The molecule has 25 heavy (non-hydrogen) atoms. The lowest BCUT2D eigenvalue weighted by molar-refractivity contribution is -0.179. The number of carbonyl (C=O) groups is 1. The van der Waals surface area contributed by atoms with E-state index >= 15 is 0 Å². The van der Waals surface area contributed by atoms with E-state index in [9.17, 15) is 14.8 Å². The van der Waals surface area contributed by atoms with E-state index in [0.717, 1.165) is 0 Å². The number of nitrogens with zero attached hydrogens (tertiary/aromatic N) is 1. The van der Waals surface area contributed by atoms with Gasteiger partial charge < -0.3 is 36.5 Å². The van der Waals surface area contributed by atoms with Crippen molar-refractivity contribution in [3.8, 4) is 0 Å². The SMILES string of the molecule is NCC(O)CC(=O)NC1CC(N)[C@@H](N=O)C(OC2CCC(CO)O2)C1. The maximum absolute atomic E-state index is 11.9. The van der Waals surface area contributed by atoms with Crippen molar-refractivity contribution >= 4 is 5.91 Å². The van der Waals surface area contributed by atoms with Crippen LogP contribution in [0.4, 0.5) is 0 Å². The van der Waals surface area contributed by atoms with Crippen molar-refractivity contribution < 1.29 is 24.5 Å². The Balaban J connectivity index is 1.92. The average Bonchev–Trinajstić information content (AvgIpc) is 3.02. The van der Waals surface area contributed by atoms with E-state index in [1.165, 1.54) is 0 Å². The third-order valence-electron chi connectivity index (χ3n) is 4.67. The predicted molar refractivity (Wildman–Crippen MR) is 88.3 cm³/mol. The standard InChI is InChI=1S/C15H28N4O6/c16-6-9(21)5-13(22)18-8-3-11(17)15(19-23)12(4-8)25-14-2-1-10(7-20)24-14/h8-12,14-15,20-21H,1-7,16-17H2,(H,18,22)/t8?,9?,10?,11?,12?,14?,15-/m1/s1. The van der Waals surface area contributed by atoms with E-state index in [4.69, 9.17) is 26.0 Å². The maximum atomic E-state index is 11.9. The Hall–Kier alpha value is -1.17. The molecule has 1 amide bonds. The Morgan fingerprint density at radius 2 is 2.16 bits per heavy atom. The first-order chi connectivity index (χ1) is 12.0. The summed E-state index contributed by atoms with van der Waals surface area (Å²) in [5.41, 5.74) is 11.3. The van der Waals surface area contributed by atoms with Crippen LogP contribution in [0, 0.1) is 4.91 Å².